The first kappa shape index (κ1) is 19.5. The zero-order valence-electron chi connectivity index (χ0n) is 16.3. The maximum atomic E-state index is 12.6. The number of methoxy groups -OCH3 is 1. The molecule has 0 N–H and O–H groups in total. The van der Waals surface area contributed by atoms with E-state index in [4.69, 9.17) is 9.47 Å². The van der Waals surface area contributed by atoms with E-state index < -0.39 is 6.09 Å². The Labute approximate surface area is 165 Å². The lowest BCUT2D eigenvalue weighted by atomic mass is 10.00. The van der Waals surface area contributed by atoms with Gasteiger partial charge in [0.15, 0.2) is 11.5 Å². The first-order valence-electron chi connectivity index (χ1n) is 9.09. The number of hydrogen-bond acceptors (Lipinski definition) is 4. The van der Waals surface area contributed by atoms with E-state index in [9.17, 15) is 9.59 Å². The third-order valence-corrected chi connectivity index (χ3v) is 4.61. The largest absolute Gasteiger partial charge is 0.493 e. The van der Waals surface area contributed by atoms with Crippen molar-refractivity contribution in [2.45, 2.75) is 13.0 Å². The van der Waals surface area contributed by atoms with Gasteiger partial charge in [-0.05, 0) is 41.3 Å². The molecule has 1 aliphatic heterocycles. The van der Waals surface area contributed by atoms with Crippen LogP contribution in [0.1, 0.15) is 16.7 Å². The third-order valence-electron chi connectivity index (χ3n) is 4.61. The molecule has 0 fully saturated rings. The lowest BCUT2D eigenvalue weighted by Crippen LogP contribution is -2.34. The Bertz CT molecular complexity index is 905. The van der Waals surface area contributed by atoms with E-state index in [1.807, 2.05) is 17.0 Å². The molecule has 6 heteroatoms. The zero-order valence-corrected chi connectivity index (χ0v) is 16.3. The van der Waals surface area contributed by atoms with Crippen LogP contribution in [0, 0.1) is 0 Å². The Kier molecular flexibility index (Phi) is 5.99. The molecule has 0 radical (unpaired) electrons. The van der Waals surface area contributed by atoms with Crippen LogP contribution in [0.2, 0.25) is 0 Å². The number of hydrogen-bond donors (Lipinski definition) is 0. The van der Waals surface area contributed by atoms with Crippen molar-refractivity contribution in [3.63, 3.8) is 0 Å². The maximum Gasteiger partial charge on any atom is 0.414 e. The first-order valence-corrected chi connectivity index (χ1v) is 9.09. The van der Waals surface area contributed by atoms with Gasteiger partial charge in [0.25, 0.3) is 0 Å². The minimum atomic E-state index is -0.484. The van der Waals surface area contributed by atoms with Gasteiger partial charge in [-0.3, -0.25) is 4.79 Å². The molecule has 2 aromatic rings. The van der Waals surface area contributed by atoms with Gasteiger partial charge in [0.1, 0.15) is 0 Å². The molecule has 0 spiro atoms. The predicted octanol–water partition coefficient (Wildman–Crippen LogP) is 3.35. The molecule has 1 aliphatic rings. The highest BCUT2D eigenvalue weighted by molar-refractivity contribution is 5.92. The average Bonchev–Trinajstić information content (AvgIpc) is 2.72. The number of carbonyl (C=O) groups is 2. The number of ether oxygens (including phenoxy) is 2. The first-order chi connectivity index (χ1) is 13.5. The van der Waals surface area contributed by atoms with E-state index in [1.54, 1.807) is 44.4 Å². The summed E-state index contributed by atoms with van der Waals surface area (Å²) in [7, 11) is 4.72. The zero-order chi connectivity index (χ0) is 20.1. The minimum absolute atomic E-state index is 0.0309. The molecule has 0 aliphatic carbocycles. The van der Waals surface area contributed by atoms with Crippen LogP contribution in [0.3, 0.4) is 0 Å². The molecule has 0 unspecified atom stereocenters. The number of rotatable bonds is 4. The predicted molar refractivity (Wildman–Crippen MR) is 107 cm³/mol. The summed E-state index contributed by atoms with van der Waals surface area (Å²) in [6.07, 6.45) is 3.69. The fraction of sp³-hybridized carbons (Fsp3) is 0.273. The quantitative estimate of drug-likeness (QED) is 0.764. The van der Waals surface area contributed by atoms with Crippen molar-refractivity contribution in [2.75, 3.05) is 27.7 Å². The van der Waals surface area contributed by atoms with E-state index in [-0.39, 0.29) is 5.91 Å². The number of carbonyl (C=O) groups excluding carboxylic acids is 2. The normalized spacial score (nSPS) is 13.2. The van der Waals surface area contributed by atoms with Crippen LogP contribution in [0.4, 0.5) is 4.79 Å². The molecule has 0 saturated heterocycles. The summed E-state index contributed by atoms with van der Waals surface area (Å²) in [5.41, 5.74) is 3.29. The second-order valence-electron chi connectivity index (χ2n) is 6.78. The highest BCUT2D eigenvalue weighted by Gasteiger charge is 2.18. The van der Waals surface area contributed by atoms with Crippen LogP contribution >= 0.6 is 0 Å². The van der Waals surface area contributed by atoms with E-state index in [2.05, 4.69) is 12.1 Å². The summed E-state index contributed by atoms with van der Waals surface area (Å²) < 4.78 is 10.6. The standard InChI is InChI=1S/C22H24N2O4/c1-23(2)22(26)28-19-10-8-16(14-20(19)27-3)9-11-21(25)24-13-12-17-6-4-5-7-18(17)15-24/h4-11,14H,12-13,15H2,1-3H3/b11-9+. The summed E-state index contributed by atoms with van der Waals surface area (Å²) in [5.74, 6) is 0.727. The summed E-state index contributed by atoms with van der Waals surface area (Å²) in [4.78, 5) is 27.5. The van der Waals surface area contributed by atoms with Crippen LogP contribution in [0.5, 0.6) is 11.5 Å². The van der Waals surface area contributed by atoms with Crippen LogP contribution in [-0.2, 0) is 17.8 Å². The van der Waals surface area contributed by atoms with Gasteiger partial charge in [-0.2, -0.15) is 0 Å². The van der Waals surface area contributed by atoms with Crippen LogP contribution < -0.4 is 9.47 Å². The summed E-state index contributed by atoms with van der Waals surface area (Å²) in [5, 5.41) is 0. The Morgan fingerprint density at radius 1 is 1.07 bits per heavy atom. The summed E-state index contributed by atoms with van der Waals surface area (Å²) in [6, 6.07) is 13.4. The van der Waals surface area contributed by atoms with Gasteiger partial charge >= 0.3 is 6.09 Å². The second kappa shape index (κ2) is 8.61. The molecule has 3 rings (SSSR count). The monoisotopic (exact) mass is 380 g/mol. The summed E-state index contributed by atoms with van der Waals surface area (Å²) >= 11 is 0. The molecular weight excluding hydrogens is 356 g/mol. The SMILES string of the molecule is COc1cc(/C=C/C(=O)N2CCc3ccccc3C2)ccc1OC(=O)N(C)C. The third kappa shape index (κ3) is 4.52. The van der Waals surface area contributed by atoms with Crippen molar-refractivity contribution in [3.05, 3.63) is 65.2 Å². The molecule has 2 amide bonds. The molecule has 0 aromatic heterocycles. The number of amides is 2. The lowest BCUT2D eigenvalue weighted by Gasteiger charge is -2.27. The minimum Gasteiger partial charge on any atom is -0.493 e. The fourth-order valence-corrected chi connectivity index (χ4v) is 3.01. The van der Waals surface area contributed by atoms with Gasteiger partial charge in [-0.15, -0.1) is 0 Å². The molecule has 146 valence electrons. The average molecular weight is 380 g/mol. The van der Waals surface area contributed by atoms with Crippen molar-refractivity contribution in [1.82, 2.24) is 9.80 Å². The molecule has 2 aromatic carbocycles. The van der Waals surface area contributed by atoms with Crippen LogP contribution in [0.25, 0.3) is 6.08 Å². The van der Waals surface area contributed by atoms with Gasteiger partial charge in [0.05, 0.1) is 7.11 Å². The van der Waals surface area contributed by atoms with E-state index in [0.717, 1.165) is 12.0 Å². The highest BCUT2D eigenvalue weighted by atomic mass is 16.6. The molecule has 0 bridgehead atoms. The summed E-state index contributed by atoms with van der Waals surface area (Å²) in [6.45, 7) is 1.34. The van der Waals surface area contributed by atoms with Crippen molar-refractivity contribution in [2.24, 2.45) is 0 Å². The Morgan fingerprint density at radius 2 is 1.82 bits per heavy atom. The Balaban J connectivity index is 1.68. The van der Waals surface area contributed by atoms with Crippen molar-refractivity contribution in [1.29, 1.82) is 0 Å². The molecule has 0 saturated carbocycles. The Hall–Kier alpha value is -3.28. The number of nitrogens with zero attached hydrogens (tertiary/aromatic N) is 2. The fourth-order valence-electron chi connectivity index (χ4n) is 3.01. The van der Waals surface area contributed by atoms with Crippen molar-refractivity contribution < 1.29 is 19.1 Å². The lowest BCUT2D eigenvalue weighted by molar-refractivity contribution is -0.126. The highest BCUT2D eigenvalue weighted by Crippen LogP contribution is 2.29. The van der Waals surface area contributed by atoms with E-state index >= 15 is 0 Å². The van der Waals surface area contributed by atoms with Gasteiger partial charge in [0, 0.05) is 33.3 Å². The molecule has 1 heterocycles. The number of benzene rings is 2. The van der Waals surface area contributed by atoms with Crippen LogP contribution in [-0.4, -0.2) is 49.6 Å². The van der Waals surface area contributed by atoms with Gasteiger partial charge in [-0.25, -0.2) is 4.79 Å². The van der Waals surface area contributed by atoms with E-state index in [0.29, 0.717) is 24.6 Å². The van der Waals surface area contributed by atoms with Crippen molar-refractivity contribution >= 4 is 18.1 Å². The Morgan fingerprint density at radius 3 is 2.54 bits per heavy atom. The van der Waals surface area contributed by atoms with Crippen molar-refractivity contribution in [3.8, 4) is 11.5 Å². The molecule has 6 nitrogen and oxygen atoms in total. The maximum absolute atomic E-state index is 12.6. The van der Waals surface area contributed by atoms with Gasteiger partial charge < -0.3 is 19.3 Å². The van der Waals surface area contributed by atoms with Crippen LogP contribution in [0.15, 0.2) is 48.5 Å². The topological polar surface area (TPSA) is 59.1 Å². The van der Waals surface area contributed by atoms with E-state index in [1.165, 1.54) is 23.1 Å². The molecule has 28 heavy (non-hydrogen) atoms. The molecular formula is C22H24N2O4. The van der Waals surface area contributed by atoms with Gasteiger partial charge in [-0.1, -0.05) is 30.3 Å². The molecule has 0 atom stereocenters. The second-order valence-corrected chi connectivity index (χ2v) is 6.78. The van der Waals surface area contributed by atoms with Gasteiger partial charge in [0.2, 0.25) is 5.91 Å². The smallest absolute Gasteiger partial charge is 0.414 e. The number of fused-ring (bicyclic) bond motifs is 1.